The molecule has 3 aromatic rings. The number of rotatable bonds is 7. The minimum atomic E-state index is -0.708. The van der Waals surface area contributed by atoms with E-state index < -0.39 is 5.92 Å². The molecule has 0 radical (unpaired) electrons. The maximum Gasteiger partial charge on any atom is 0.231 e. The maximum atomic E-state index is 9.90. The molecular weight excluding hydrogens is 490 g/mol. The molecule has 1 aliphatic rings. The fourth-order valence-corrected chi connectivity index (χ4v) is 4.91. The minimum absolute atomic E-state index is 0.0705. The topological polar surface area (TPSA) is 139 Å². The Bertz CT molecular complexity index is 1330. The first-order valence-corrected chi connectivity index (χ1v) is 11.7. The number of methoxy groups -OCH3 is 3. The fourth-order valence-electron chi connectivity index (χ4n) is 3.78. The molecule has 1 atom stereocenters. The molecule has 2 aromatic carbocycles. The summed E-state index contributed by atoms with van der Waals surface area (Å²) >= 11 is 7.61. The molecule has 11 heteroatoms. The summed E-state index contributed by atoms with van der Waals surface area (Å²) in [5.41, 5.74) is 14.7. The highest BCUT2D eigenvalue weighted by molar-refractivity contribution is 7.98. The third-order valence-electron chi connectivity index (χ3n) is 5.42. The molecule has 0 spiro atoms. The molecule has 0 unspecified atom stereocenters. The van der Waals surface area contributed by atoms with Gasteiger partial charge in [0.1, 0.15) is 17.5 Å². The van der Waals surface area contributed by atoms with Gasteiger partial charge in [-0.15, -0.1) is 0 Å². The highest BCUT2D eigenvalue weighted by Gasteiger charge is 2.36. The van der Waals surface area contributed by atoms with Crippen molar-refractivity contribution in [3.05, 3.63) is 69.6 Å². The first kappa shape index (κ1) is 24.3. The Balaban J connectivity index is 1.80. The number of benzene rings is 2. The zero-order valence-electron chi connectivity index (χ0n) is 19.2. The molecular formula is C24H22ClN5O4S. The molecule has 0 bridgehead atoms. The molecule has 0 saturated heterocycles. The number of aromatic nitrogens is 2. The number of nitrogens with two attached hydrogens (primary N) is 2. The van der Waals surface area contributed by atoms with Crippen LogP contribution in [-0.2, 0) is 5.75 Å². The lowest BCUT2D eigenvalue weighted by atomic mass is 9.84. The highest BCUT2D eigenvalue weighted by Crippen LogP contribution is 2.48. The lowest BCUT2D eigenvalue weighted by molar-refractivity contribution is 0.323. The third-order valence-corrected chi connectivity index (χ3v) is 6.69. The monoisotopic (exact) mass is 511 g/mol. The Hall–Kier alpha value is -3.81. The van der Waals surface area contributed by atoms with Gasteiger partial charge in [0.2, 0.25) is 17.5 Å². The number of allylic oxidation sites excluding steroid dienone is 1. The lowest BCUT2D eigenvalue weighted by Crippen LogP contribution is -2.24. The second kappa shape index (κ2) is 10.2. The number of halogens is 1. The van der Waals surface area contributed by atoms with Gasteiger partial charge in [0, 0.05) is 10.8 Å². The van der Waals surface area contributed by atoms with Crippen molar-refractivity contribution in [2.45, 2.75) is 16.8 Å². The van der Waals surface area contributed by atoms with E-state index in [-0.39, 0.29) is 23.2 Å². The Morgan fingerprint density at radius 1 is 1.09 bits per heavy atom. The standard InChI is InChI=1S/C24H22ClN5O4S/c1-31-16-8-13(9-17(32-2)20(16)33-3)18-14(10-26)22(28)34-23-19(18)21(27)29-24(30-23)35-11-12-6-4-5-7-15(12)25/h4-9,18H,11,28H2,1-3H3,(H2,27,29,30)/t18-/m0/s1. The smallest absolute Gasteiger partial charge is 0.231 e. The summed E-state index contributed by atoms with van der Waals surface area (Å²) in [5.74, 6) is 1.33. The van der Waals surface area contributed by atoms with E-state index in [1.807, 2.05) is 24.3 Å². The Kier molecular flexibility index (Phi) is 7.10. The van der Waals surface area contributed by atoms with Crippen molar-refractivity contribution in [3.8, 4) is 29.2 Å². The van der Waals surface area contributed by atoms with Gasteiger partial charge >= 0.3 is 0 Å². The van der Waals surface area contributed by atoms with Gasteiger partial charge < -0.3 is 30.4 Å². The first-order valence-electron chi connectivity index (χ1n) is 10.3. The SMILES string of the molecule is COc1cc([C@H]2C(C#N)=C(N)Oc3nc(SCc4ccccc4Cl)nc(N)c32)cc(OC)c1OC. The lowest BCUT2D eigenvalue weighted by Gasteiger charge is -2.27. The van der Waals surface area contributed by atoms with Gasteiger partial charge in [0.25, 0.3) is 0 Å². The van der Waals surface area contributed by atoms with Crippen molar-refractivity contribution < 1.29 is 18.9 Å². The van der Waals surface area contributed by atoms with Gasteiger partial charge in [-0.1, -0.05) is 41.6 Å². The summed E-state index contributed by atoms with van der Waals surface area (Å²) in [6.45, 7) is 0. The van der Waals surface area contributed by atoms with E-state index in [1.165, 1.54) is 33.1 Å². The quantitative estimate of drug-likeness (QED) is 0.349. The van der Waals surface area contributed by atoms with Gasteiger partial charge in [-0.2, -0.15) is 10.2 Å². The fraction of sp³-hybridized carbons (Fsp3) is 0.208. The minimum Gasteiger partial charge on any atom is -0.493 e. The van der Waals surface area contributed by atoms with E-state index in [4.69, 9.17) is 42.0 Å². The molecule has 0 amide bonds. The van der Waals surface area contributed by atoms with Gasteiger partial charge in [-0.25, -0.2) is 4.98 Å². The predicted molar refractivity (Wildman–Crippen MR) is 133 cm³/mol. The summed E-state index contributed by atoms with van der Waals surface area (Å²) in [6, 6.07) is 13.1. The van der Waals surface area contributed by atoms with Crippen LogP contribution < -0.4 is 30.4 Å². The second-order valence-corrected chi connectivity index (χ2v) is 8.72. The average molecular weight is 512 g/mol. The summed E-state index contributed by atoms with van der Waals surface area (Å²) in [4.78, 5) is 8.99. The molecule has 9 nitrogen and oxygen atoms in total. The molecule has 35 heavy (non-hydrogen) atoms. The number of anilines is 1. The van der Waals surface area contributed by atoms with E-state index in [0.29, 0.717) is 44.3 Å². The number of hydrogen-bond acceptors (Lipinski definition) is 10. The number of fused-ring (bicyclic) bond motifs is 1. The van der Waals surface area contributed by atoms with Crippen LogP contribution in [-0.4, -0.2) is 31.3 Å². The molecule has 4 rings (SSSR count). The molecule has 1 aliphatic heterocycles. The number of ether oxygens (including phenoxy) is 4. The second-order valence-electron chi connectivity index (χ2n) is 7.37. The van der Waals surface area contributed by atoms with Crippen LogP contribution in [0.4, 0.5) is 5.82 Å². The third kappa shape index (κ3) is 4.60. The average Bonchev–Trinajstić information content (AvgIpc) is 2.86. The number of nitrogen functional groups attached to an aromatic ring is 1. The van der Waals surface area contributed by atoms with E-state index in [0.717, 1.165) is 5.56 Å². The summed E-state index contributed by atoms with van der Waals surface area (Å²) in [5, 5.41) is 10.9. The number of hydrogen-bond donors (Lipinski definition) is 2. The number of nitriles is 1. The van der Waals surface area contributed by atoms with Gasteiger partial charge in [0.05, 0.1) is 32.8 Å². The Labute approximate surface area is 211 Å². The van der Waals surface area contributed by atoms with E-state index in [2.05, 4.69) is 16.0 Å². The molecule has 0 fully saturated rings. The molecule has 2 heterocycles. The molecule has 0 aliphatic carbocycles. The van der Waals surface area contributed by atoms with Crippen molar-refractivity contribution >= 4 is 29.2 Å². The van der Waals surface area contributed by atoms with Crippen molar-refractivity contribution in [1.82, 2.24) is 9.97 Å². The summed E-state index contributed by atoms with van der Waals surface area (Å²) in [7, 11) is 4.53. The van der Waals surface area contributed by atoms with Crippen molar-refractivity contribution in [3.63, 3.8) is 0 Å². The molecule has 4 N–H and O–H groups in total. The van der Waals surface area contributed by atoms with Gasteiger partial charge in [-0.3, -0.25) is 0 Å². The van der Waals surface area contributed by atoms with Crippen LogP contribution in [0.5, 0.6) is 23.1 Å². The predicted octanol–water partition coefficient (Wildman–Crippen LogP) is 4.25. The van der Waals surface area contributed by atoms with Gasteiger partial charge in [0.15, 0.2) is 16.7 Å². The van der Waals surface area contributed by atoms with Crippen LogP contribution in [0.3, 0.4) is 0 Å². The van der Waals surface area contributed by atoms with Crippen LogP contribution >= 0.6 is 23.4 Å². The Morgan fingerprint density at radius 2 is 1.77 bits per heavy atom. The van der Waals surface area contributed by atoms with Crippen LogP contribution in [0.15, 0.2) is 53.0 Å². The normalized spacial score (nSPS) is 14.5. The molecule has 0 saturated carbocycles. The van der Waals surface area contributed by atoms with Crippen LogP contribution in [0, 0.1) is 11.3 Å². The summed E-state index contributed by atoms with van der Waals surface area (Å²) < 4.78 is 22.1. The van der Waals surface area contributed by atoms with Crippen molar-refractivity contribution in [2.75, 3.05) is 27.1 Å². The number of nitrogens with zero attached hydrogens (tertiary/aromatic N) is 3. The Morgan fingerprint density at radius 3 is 2.37 bits per heavy atom. The molecule has 180 valence electrons. The van der Waals surface area contributed by atoms with E-state index >= 15 is 0 Å². The van der Waals surface area contributed by atoms with Crippen LogP contribution in [0.2, 0.25) is 5.02 Å². The zero-order chi connectivity index (χ0) is 25.1. The number of thioether (sulfide) groups is 1. The van der Waals surface area contributed by atoms with E-state index in [9.17, 15) is 5.26 Å². The maximum absolute atomic E-state index is 9.90. The van der Waals surface area contributed by atoms with Crippen LogP contribution in [0.25, 0.3) is 0 Å². The van der Waals surface area contributed by atoms with Gasteiger partial charge in [-0.05, 0) is 29.3 Å². The summed E-state index contributed by atoms with van der Waals surface area (Å²) in [6.07, 6.45) is 0. The van der Waals surface area contributed by atoms with Crippen molar-refractivity contribution in [1.29, 1.82) is 5.26 Å². The van der Waals surface area contributed by atoms with Crippen molar-refractivity contribution in [2.24, 2.45) is 5.73 Å². The van der Waals surface area contributed by atoms with E-state index in [1.54, 1.807) is 12.1 Å². The molecule has 1 aromatic heterocycles. The largest absolute Gasteiger partial charge is 0.493 e. The first-order chi connectivity index (χ1) is 16.9. The van der Waals surface area contributed by atoms with Crippen LogP contribution in [0.1, 0.15) is 22.6 Å². The zero-order valence-corrected chi connectivity index (χ0v) is 20.7. The highest BCUT2D eigenvalue weighted by atomic mass is 35.5.